The smallest absolute Gasteiger partial charge is 0.335 e. The van der Waals surface area contributed by atoms with Crippen molar-refractivity contribution in [3.8, 4) is 11.4 Å². The Balaban J connectivity index is 2.14. The van der Waals surface area contributed by atoms with Crippen LogP contribution in [0.25, 0.3) is 22.4 Å². The lowest BCUT2D eigenvalue weighted by atomic mass is 10.2. The van der Waals surface area contributed by atoms with Crippen LogP contribution in [0.4, 0.5) is 0 Å². The normalized spacial score (nSPS) is 10.7. The first kappa shape index (κ1) is 10.5. The summed E-state index contributed by atoms with van der Waals surface area (Å²) in [5, 5.41) is 8.92. The number of carboxylic acid groups (broad SMARTS) is 1. The fourth-order valence-corrected chi connectivity index (χ4v) is 1.79. The highest BCUT2D eigenvalue weighted by Crippen LogP contribution is 2.20. The van der Waals surface area contributed by atoms with Gasteiger partial charge in [0.25, 0.3) is 0 Å². The standard InChI is InChI=1S/C13H9N3O2/c17-13(18)9-1-2-10-11(7-9)16-12(15-10)8-3-5-14-6-4-8/h1-7H,(H,15,16)(H,17,18). The molecule has 0 amide bonds. The number of carbonyl (C=O) groups is 1. The maximum atomic E-state index is 10.9. The first-order valence-electron chi connectivity index (χ1n) is 5.37. The van der Waals surface area contributed by atoms with E-state index in [1.165, 1.54) is 0 Å². The first-order valence-corrected chi connectivity index (χ1v) is 5.37. The van der Waals surface area contributed by atoms with E-state index in [1.54, 1.807) is 30.6 Å². The zero-order valence-electron chi connectivity index (χ0n) is 9.29. The number of imidazole rings is 1. The van der Waals surface area contributed by atoms with Crippen molar-refractivity contribution < 1.29 is 9.90 Å². The van der Waals surface area contributed by atoms with Gasteiger partial charge in [0.05, 0.1) is 16.6 Å². The van der Waals surface area contributed by atoms with E-state index in [2.05, 4.69) is 15.0 Å². The number of H-pyrrole nitrogens is 1. The second-order valence-electron chi connectivity index (χ2n) is 3.86. The van der Waals surface area contributed by atoms with Crippen molar-refractivity contribution in [3.63, 3.8) is 0 Å². The van der Waals surface area contributed by atoms with Crippen LogP contribution in [0, 0.1) is 0 Å². The molecular formula is C13H9N3O2. The van der Waals surface area contributed by atoms with Crippen LogP contribution in [0.1, 0.15) is 10.4 Å². The monoisotopic (exact) mass is 239 g/mol. The number of benzene rings is 1. The molecule has 0 unspecified atom stereocenters. The Morgan fingerprint density at radius 1 is 1.17 bits per heavy atom. The van der Waals surface area contributed by atoms with Crippen molar-refractivity contribution in [2.75, 3.05) is 0 Å². The molecule has 2 aromatic heterocycles. The molecule has 0 spiro atoms. The third-order valence-corrected chi connectivity index (χ3v) is 2.68. The molecule has 3 aromatic rings. The van der Waals surface area contributed by atoms with Crippen LogP contribution in [0.15, 0.2) is 42.7 Å². The molecule has 0 aliphatic rings. The Morgan fingerprint density at radius 3 is 2.67 bits per heavy atom. The number of aromatic carboxylic acids is 1. The van der Waals surface area contributed by atoms with Crippen LogP contribution in [0.2, 0.25) is 0 Å². The minimum Gasteiger partial charge on any atom is -0.478 e. The molecule has 0 aliphatic carbocycles. The Morgan fingerprint density at radius 2 is 1.94 bits per heavy atom. The predicted octanol–water partition coefficient (Wildman–Crippen LogP) is 2.32. The number of rotatable bonds is 2. The third kappa shape index (κ3) is 1.71. The van der Waals surface area contributed by atoms with Gasteiger partial charge in [-0.15, -0.1) is 0 Å². The number of pyridine rings is 1. The molecule has 0 atom stereocenters. The summed E-state index contributed by atoms with van der Waals surface area (Å²) in [4.78, 5) is 22.3. The summed E-state index contributed by atoms with van der Waals surface area (Å²) < 4.78 is 0. The van der Waals surface area contributed by atoms with Gasteiger partial charge in [-0.2, -0.15) is 0 Å². The maximum Gasteiger partial charge on any atom is 0.335 e. The predicted molar refractivity (Wildman–Crippen MR) is 66.3 cm³/mol. The minimum absolute atomic E-state index is 0.232. The molecule has 2 heterocycles. The fourth-order valence-electron chi connectivity index (χ4n) is 1.79. The molecule has 18 heavy (non-hydrogen) atoms. The summed E-state index contributed by atoms with van der Waals surface area (Å²) in [6.45, 7) is 0. The van der Waals surface area contributed by atoms with E-state index >= 15 is 0 Å². The number of nitrogens with one attached hydrogen (secondary N) is 1. The average Bonchev–Trinajstić information content (AvgIpc) is 2.82. The number of hydrogen-bond acceptors (Lipinski definition) is 3. The Bertz CT molecular complexity index is 719. The lowest BCUT2D eigenvalue weighted by molar-refractivity contribution is 0.0697. The van der Waals surface area contributed by atoms with Gasteiger partial charge < -0.3 is 10.1 Å². The average molecular weight is 239 g/mol. The minimum atomic E-state index is -0.953. The van der Waals surface area contributed by atoms with Crippen LogP contribution >= 0.6 is 0 Å². The molecule has 88 valence electrons. The van der Waals surface area contributed by atoms with Crippen LogP contribution in [0.3, 0.4) is 0 Å². The van der Waals surface area contributed by atoms with Crippen molar-refractivity contribution in [2.45, 2.75) is 0 Å². The third-order valence-electron chi connectivity index (χ3n) is 2.68. The van der Waals surface area contributed by atoms with Gasteiger partial charge in [0.15, 0.2) is 0 Å². The number of carboxylic acids is 1. The summed E-state index contributed by atoms with van der Waals surface area (Å²) >= 11 is 0. The van der Waals surface area contributed by atoms with Crippen LogP contribution in [-0.2, 0) is 0 Å². The highest BCUT2D eigenvalue weighted by Gasteiger charge is 2.08. The molecule has 5 heteroatoms. The lowest BCUT2D eigenvalue weighted by Crippen LogP contribution is -1.94. The van der Waals surface area contributed by atoms with E-state index in [-0.39, 0.29) is 5.56 Å². The topological polar surface area (TPSA) is 78.9 Å². The molecule has 1 aromatic carbocycles. The van der Waals surface area contributed by atoms with Crippen molar-refractivity contribution in [1.29, 1.82) is 0 Å². The van der Waals surface area contributed by atoms with E-state index in [0.717, 1.165) is 11.1 Å². The van der Waals surface area contributed by atoms with E-state index in [4.69, 9.17) is 5.11 Å². The molecule has 0 fully saturated rings. The number of fused-ring (bicyclic) bond motifs is 1. The second kappa shape index (κ2) is 3.96. The number of aromatic amines is 1. The van der Waals surface area contributed by atoms with Crippen LogP contribution < -0.4 is 0 Å². The lowest BCUT2D eigenvalue weighted by Gasteiger charge is -1.92. The molecule has 5 nitrogen and oxygen atoms in total. The van der Waals surface area contributed by atoms with Gasteiger partial charge in [-0.3, -0.25) is 4.98 Å². The van der Waals surface area contributed by atoms with Crippen molar-refractivity contribution in [1.82, 2.24) is 15.0 Å². The van der Waals surface area contributed by atoms with Gasteiger partial charge in [-0.05, 0) is 30.3 Å². The first-order chi connectivity index (χ1) is 8.74. The Hall–Kier alpha value is -2.69. The summed E-state index contributed by atoms with van der Waals surface area (Å²) in [7, 11) is 0. The summed E-state index contributed by atoms with van der Waals surface area (Å²) in [5.74, 6) is -0.250. The van der Waals surface area contributed by atoms with Crippen LogP contribution in [-0.4, -0.2) is 26.0 Å². The van der Waals surface area contributed by atoms with E-state index in [0.29, 0.717) is 11.3 Å². The maximum absolute atomic E-state index is 10.9. The Kier molecular flexibility index (Phi) is 2.30. The molecular weight excluding hydrogens is 230 g/mol. The SMILES string of the molecule is O=C(O)c1ccc2[nH]c(-c3ccncc3)nc2c1. The highest BCUT2D eigenvalue weighted by atomic mass is 16.4. The van der Waals surface area contributed by atoms with E-state index < -0.39 is 5.97 Å². The largest absolute Gasteiger partial charge is 0.478 e. The Labute approximate surface area is 102 Å². The molecule has 0 saturated carbocycles. The molecule has 2 N–H and O–H groups in total. The van der Waals surface area contributed by atoms with Gasteiger partial charge in [-0.25, -0.2) is 9.78 Å². The number of aromatic nitrogens is 3. The molecule has 0 radical (unpaired) electrons. The molecule has 3 rings (SSSR count). The zero-order valence-corrected chi connectivity index (χ0v) is 9.29. The van der Waals surface area contributed by atoms with Crippen molar-refractivity contribution >= 4 is 17.0 Å². The van der Waals surface area contributed by atoms with Crippen LogP contribution in [0.5, 0.6) is 0 Å². The fraction of sp³-hybridized carbons (Fsp3) is 0. The molecule has 0 aliphatic heterocycles. The van der Waals surface area contributed by atoms with Crippen molar-refractivity contribution in [2.24, 2.45) is 0 Å². The van der Waals surface area contributed by atoms with Gasteiger partial charge >= 0.3 is 5.97 Å². The van der Waals surface area contributed by atoms with Gasteiger partial charge in [-0.1, -0.05) is 0 Å². The van der Waals surface area contributed by atoms with Gasteiger partial charge in [0, 0.05) is 18.0 Å². The van der Waals surface area contributed by atoms with Gasteiger partial charge in [0.1, 0.15) is 5.82 Å². The summed E-state index contributed by atoms with van der Waals surface area (Å²) in [5.41, 5.74) is 2.60. The van der Waals surface area contributed by atoms with Gasteiger partial charge in [0.2, 0.25) is 0 Å². The summed E-state index contributed by atoms with van der Waals surface area (Å²) in [6, 6.07) is 8.51. The zero-order chi connectivity index (χ0) is 12.5. The van der Waals surface area contributed by atoms with Crippen molar-refractivity contribution in [3.05, 3.63) is 48.3 Å². The number of nitrogens with zero attached hydrogens (tertiary/aromatic N) is 2. The second-order valence-corrected chi connectivity index (χ2v) is 3.86. The quantitative estimate of drug-likeness (QED) is 0.719. The molecule has 0 saturated heterocycles. The van der Waals surface area contributed by atoms with E-state index in [1.807, 2.05) is 12.1 Å². The highest BCUT2D eigenvalue weighted by molar-refractivity contribution is 5.92. The molecule has 0 bridgehead atoms. The number of hydrogen-bond donors (Lipinski definition) is 2. The summed E-state index contributed by atoms with van der Waals surface area (Å²) in [6.07, 6.45) is 3.37. The van der Waals surface area contributed by atoms with E-state index in [9.17, 15) is 4.79 Å².